The number of aliphatic hydroxyl groups excluding tert-OH is 1. The van der Waals surface area contributed by atoms with Crippen molar-refractivity contribution in [1.82, 2.24) is 20.2 Å². The highest BCUT2D eigenvalue weighted by Crippen LogP contribution is 2.50. The number of aryl methyl sites for hydroxylation is 1. The van der Waals surface area contributed by atoms with Crippen molar-refractivity contribution in [2.45, 2.75) is 25.0 Å². The molecule has 4 rings (SSSR count). The summed E-state index contributed by atoms with van der Waals surface area (Å²) in [5.41, 5.74) is 1.98. The van der Waals surface area contributed by atoms with Crippen molar-refractivity contribution in [3.05, 3.63) is 53.4 Å². The number of aliphatic hydroxyl groups is 1. The largest absolute Gasteiger partial charge is 0.496 e. The van der Waals surface area contributed by atoms with Crippen molar-refractivity contribution in [1.29, 1.82) is 0 Å². The molecule has 42 heavy (non-hydrogen) atoms. The molecule has 1 aliphatic rings. The van der Waals surface area contributed by atoms with Crippen LogP contribution in [-0.2, 0) is 16.6 Å². The van der Waals surface area contributed by atoms with Gasteiger partial charge in [-0.25, -0.2) is 4.68 Å². The summed E-state index contributed by atoms with van der Waals surface area (Å²) in [4.78, 5) is 12.1. The van der Waals surface area contributed by atoms with Crippen LogP contribution in [0.2, 0.25) is 0 Å². The van der Waals surface area contributed by atoms with E-state index in [0.717, 1.165) is 0 Å². The lowest BCUT2D eigenvalue weighted by atomic mass is 9.88. The van der Waals surface area contributed by atoms with Crippen molar-refractivity contribution in [3.63, 3.8) is 0 Å². The summed E-state index contributed by atoms with van der Waals surface area (Å²) in [6.45, 7) is 0. The molecular weight excluding hydrogens is 548 g/mol. The summed E-state index contributed by atoms with van der Waals surface area (Å²) in [7, 11) is 10.9. The Labute approximate surface area is 243 Å². The molecule has 1 N–H and O–H groups in total. The fourth-order valence-electron chi connectivity index (χ4n) is 4.76. The van der Waals surface area contributed by atoms with Gasteiger partial charge in [0.05, 0.1) is 66.3 Å². The van der Waals surface area contributed by atoms with Gasteiger partial charge in [0.1, 0.15) is 40.6 Å². The molecule has 13 nitrogen and oxygen atoms in total. The molecule has 1 fully saturated rings. The third-order valence-electron chi connectivity index (χ3n) is 6.73. The molecule has 0 amide bonds. The molecule has 1 saturated heterocycles. The summed E-state index contributed by atoms with van der Waals surface area (Å²) >= 11 is 0. The SMILES string of the molecule is COc1cc(OC)c(C(=C(/C=C/[C@@H]2C[C@@H](O)CC(=O)O2)c2nnnn2C)c2c(OC)cc(OC)cc2OC)c(OC)c1. The second kappa shape index (κ2) is 13.3. The summed E-state index contributed by atoms with van der Waals surface area (Å²) in [6.07, 6.45) is 2.04. The number of ether oxygens (including phenoxy) is 7. The molecule has 3 aromatic rings. The Morgan fingerprint density at radius 2 is 1.38 bits per heavy atom. The quantitative estimate of drug-likeness (QED) is 0.262. The van der Waals surface area contributed by atoms with Gasteiger partial charge in [-0.05, 0) is 16.5 Å². The third kappa shape index (κ3) is 6.10. The van der Waals surface area contributed by atoms with Gasteiger partial charge in [0.25, 0.3) is 0 Å². The highest BCUT2D eigenvalue weighted by atomic mass is 16.5. The van der Waals surface area contributed by atoms with Gasteiger partial charge in [-0.3, -0.25) is 4.79 Å². The predicted molar refractivity (Wildman–Crippen MR) is 151 cm³/mol. The van der Waals surface area contributed by atoms with Crippen molar-refractivity contribution in [2.24, 2.45) is 7.05 Å². The van der Waals surface area contributed by atoms with Crippen LogP contribution in [0.3, 0.4) is 0 Å². The van der Waals surface area contributed by atoms with Crippen LogP contribution in [0.4, 0.5) is 0 Å². The first-order valence-corrected chi connectivity index (χ1v) is 12.9. The van der Waals surface area contributed by atoms with Gasteiger partial charge >= 0.3 is 5.97 Å². The Morgan fingerprint density at radius 1 is 0.881 bits per heavy atom. The molecule has 0 saturated carbocycles. The van der Waals surface area contributed by atoms with E-state index in [2.05, 4.69) is 15.5 Å². The lowest BCUT2D eigenvalue weighted by Gasteiger charge is -2.25. The fourth-order valence-corrected chi connectivity index (χ4v) is 4.76. The first kappa shape index (κ1) is 30.2. The molecule has 0 bridgehead atoms. The summed E-state index contributed by atoms with van der Waals surface area (Å²) in [5.74, 6) is 2.48. The summed E-state index contributed by atoms with van der Waals surface area (Å²) in [6, 6.07) is 6.87. The number of methoxy groups -OCH3 is 6. The number of nitrogens with zero attached hydrogens (tertiary/aromatic N) is 4. The maximum atomic E-state index is 12.1. The second-order valence-electron chi connectivity index (χ2n) is 9.21. The number of rotatable bonds is 11. The van der Waals surface area contributed by atoms with E-state index in [1.54, 1.807) is 57.7 Å². The van der Waals surface area contributed by atoms with Gasteiger partial charge in [0.2, 0.25) is 0 Å². The number of tetrazole rings is 1. The maximum Gasteiger partial charge on any atom is 0.309 e. The third-order valence-corrected chi connectivity index (χ3v) is 6.73. The van der Waals surface area contributed by atoms with Gasteiger partial charge in [-0.1, -0.05) is 6.08 Å². The van der Waals surface area contributed by atoms with E-state index in [0.29, 0.717) is 62.6 Å². The van der Waals surface area contributed by atoms with Crippen LogP contribution in [-0.4, -0.2) is 86.1 Å². The summed E-state index contributed by atoms with van der Waals surface area (Å²) in [5, 5.41) is 22.4. The molecule has 224 valence electrons. The van der Waals surface area contributed by atoms with E-state index in [4.69, 9.17) is 33.2 Å². The fraction of sp³-hybridized carbons (Fsp3) is 0.379. The van der Waals surface area contributed by atoms with Crippen LogP contribution in [0.1, 0.15) is 29.8 Å². The van der Waals surface area contributed by atoms with Crippen molar-refractivity contribution in [3.8, 4) is 34.5 Å². The van der Waals surface area contributed by atoms with E-state index in [9.17, 15) is 9.90 Å². The number of hydrogen-bond donors (Lipinski definition) is 1. The standard InChI is InChI=1S/C29H34N4O9/c1-33-29(30-31-32-33)20(9-8-17-10-16(34)11-25(35)42-17)26(27-21(38-4)12-18(36-2)13-22(27)39-5)28-23(40-6)14-19(37-3)15-24(28)41-7/h8-9,12-17,34H,10-11H2,1-7H3/b9-8+/t16-,17-/m1/s1. The second-order valence-corrected chi connectivity index (χ2v) is 9.21. The Bertz CT molecular complexity index is 1380. The zero-order chi connectivity index (χ0) is 30.4. The maximum absolute atomic E-state index is 12.1. The molecule has 0 radical (unpaired) electrons. The van der Waals surface area contributed by atoms with Gasteiger partial charge in [0, 0.05) is 48.9 Å². The van der Waals surface area contributed by atoms with Gasteiger partial charge < -0.3 is 38.3 Å². The summed E-state index contributed by atoms with van der Waals surface area (Å²) < 4.78 is 41.4. The molecular formula is C29H34N4O9. The van der Waals surface area contributed by atoms with E-state index in [1.807, 2.05) is 0 Å². The molecule has 13 heteroatoms. The van der Waals surface area contributed by atoms with E-state index < -0.39 is 18.2 Å². The normalized spacial score (nSPS) is 16.5. The molecule has 2 heterocycles. The van der Waals surface area contributed by atoms with Crippen LogP contribution < -0.4 is 28.4 Å². The van der Waals surface area contributed by atoms with Crippen molar-refractivity contribution in [2.75, 3.05) is 42.7 Å². The van der Waals surface area contributed by atoms with Crippen LogP contribution in [0.25, 0.3) is 11.1 Å². The zero-order valence-corrected chi connectivity index (χ0v) is 24.5. The average molecular weight is 583 g/mol. The highest BCUT2D eigenvalue weighted by Gasteiger charge is 2.30. The number of carbonyl (C=O) groups is 1. The van der Waals surface area contributed by atoms with E-state index >= 15 is 0 Å². The molecule has 1 aliphatic heterocycles. The Morgan fingerprint density at radius 3 is 1.76 bits per heavy atom. The predicted octanol–water partition coefficient (Wildman–Crippen LogP) is 2.84. The molecule has 0 aliphatic carbocycles. The monoisotopic (exact) mass is 582 g/mol. The smallest absolute Gasteiger partial charge is 0.309 e. The van der Waals surface area contributed by atoms with E-state index in [-0.39, 0.29) is 12.8 Å². The lowest BCUT2D eigenvalue weighted by molar-refractivity contribution is -0.156. The van der Waals surface area contributed by atoms with Crippen molar-refractivity contribution >= 4 is 17.1 Å². The first-order valence-electron chi connectivity index (χ1n) is 12.9. The molecule has 2 atom stereocenters. The van der Waals surface area contributed by atoms with Crippen LogP contribution in [0, 0.1) is 0 Å². The van der Waals surface area contributed by atoms with Crippen LogP contribution in [0.15, 0.2) is 36.4 Å². The zero-order valence-electron chi connectivity index (χ0n) is 24.5. The minimum absolute atomic E-state index is 0.0635. The van der Waals surface area contributed by atoms with Crippen LogP contribution in [0.5, 0.6) is 34.5 Å². The number of benzene rings is 2. The van der Waals surface area contributed by atoms with Crippen LogP contribution >= 0.6 is 0 Å². The average Bonchev–Trinajstić information content (AvgIpc) is 3.42. The van der Waals surface area contributed by atoms with E-state index in [1.165, 1.54) is 33.1 Å². The Hall–Kier alpha value is -4.78. The van der Waals surface area contributed by atoms with Crippen molar-refractivity contribution < 1.29 is 43.1 Å². The first-order chi connectivity index (χ1) is 20.3. The number of esters is 1. The Balaban J connectivity index is 2.18. The number of allylic oxidation sites excluding steroid dienone is 2. The lowest BCUT2D eigenvalue weighted by Crippen LogP contribution is -2.31. The minimum Gasteiger partial charge on any atom is -0.496 e. The van der Waals surface area contributed by atoms with Gasteiger partial charge in [0.15, 0.2) is 5.82 Å². The molecule has 2 aromatic carbocycles. The number of hydrogen-bond acceptors (Lipinski definition) is 12. The number of aromatic nitrogens is 4. The molecule has 1 aromatic heterocycles. The minimum atomic E-state index is -0.826. The van der Waals surface area contributed by atoms with Gasteiger partial charge in [-0.15, -0.1) is 5.10 Å². The van der Waals surface area contributed by atoms with Gasteiger partial charge in [-0.2, -0.15) is 0 Å². The molecule has 0 unspecified atom stereocenters. The Kier molecular flexibility index (Phi) is 9.53. The molecule has 0 spiro atoms. The number of carbonyl (C=O) groups excluding carboxylic acids is 1. The topological polar surface area (TPSA) is 146 Å². The number of cyclic esters (lactones) is 1. The highest BCUT2D eigenvalue weighted by molar-refractivity contribution is 6.06.